The molecule has 1 aliphatic rings. The van der Waals surface area contributed by atoms with E-state index < -0.39 is 11.8 Å². The van der Waals surface area contributed by atoms with Gasteiger partial charge >= 0.3 is 0 Å². The molecular weight excluding hydrogens is 136 g/mol. The average Bonchev–Trinajstić information content (AvgIpc) is 2.13. The summed E-state index contributed by atoms with van der Waals surface area (Å²) >= 11 is 0. The lowest BCUT2D eigenvalue weighted by Crippen LogP contribution is -2.06. The summed E-state index contributed by atoms with van der Waals surface area (Å²) in [6, 6.07) is 0. The fourth-order valence-corrected chi connectivity index (χ4v) is 0.525. The van der Waals surface area contributed by atoms with E-state index in [1.165, 1.54) is 0 Å². The smallest absolute Gasteiger partial charge is 0.252 e. The van der Waals surface area contributed by atoms with E-state index in [0.717, 1.165) is 0 Å². The summed E-state index contributed by atoms with van der Waals surface area (Å²) in [5.74, 6) is -2.91. The predicted molar refractivity (Wildman–Crippen MR) is 29.4 cm³/mol. The zero-order chi connectivity index (χ0) is 5.49. The zero-order valence-electron chi connectivity index (χ0n) is 4.23. The van der Waals surface area contributed by atoms with Crippen LogP contribution in [0.3, 0.4) is 0 Å². The molecule has 0 amide bonds. The third-order valence-electron chi connectivity index (χ3n) is 1.24. The first-order valence-corrected chi connectivity index (χ1v) is 2.24. The van der Waals surface area contributed by atoms with Crippen LogP contribution in [-0.4, -0.2) is 12.5 Å². The summed E-state index contributed by atoms with van der Waals surface area (Å²) in [7, 11) is 0. The maximum absolute atomic E-state index is 11.7. The fourth-order valence-electron chi connectivity index (χ4n) is 0.525. The highest BCUT2D eigenvalue weighted by Gasteiger charge is 2.55. The van der Waals surface area contributed by atoms with E-state index in [1.54, 1.807) is 0 Å². The second kappa shape index (κ2) is 2.15. The second-order valence-electron chi connectivity index (χ2n) is 1.90. The number of hydrogen-bond donors (Lipinski definition) is 1. The van der Waals surface area contributed by atoms with Crippen molar-refractivity contribution >= 4 is 12.4 Å². The van der Waals surface area contributed by atoms with Crippen LogP contribution in [0.5, 0.6) is 0 Å². The zero-order valence-corrected chi connectivity index (χ0v) is 5.05. The van der Waals surface area contributed by atoms with Gasteiger partial charge in [-0.15, -0.1) is 12.4 Å². The summed E-state index contributed by atoms with van der Waals surface area (Å²) in [4.78, 5) is 0. The Morgan fingerprint density at radius 3 is 2.00 bits per heavy atom. The number of halogens is 3. The first-order chi connectivity index (χ1) is 3.17. The van der Waals surface area contributed by atoms with Crippen LogP contribution in [-0.2, 0) is 0 Å². The summed E-state index contributed by atoms with van der Waals surface area (Å²) in [5, 5.41) is 0. The molecular formula is C4H8ClF2N. The van der Waals surface area contributed by atoms with Gasteiger partial charge in [-0.2, -0.15) is 0 Å². The number of nitrogens with two attached hydrogens (primary N) is 1. The van der Waals surface area contributed by atoms with Crippen molar-refractivity contribution in [3.63, 3.8) is 0 Å². The van der Waals surface area contributed by atoms with Crippen molar-refractivity contribution in [1.82, 2.24) is 0 Å². The van der Waals surface area contributed by atoms with Crippen molar-refractivity contribution in [2.45, 2.75) is 12.3 Å². The molecule has 0 aromatic carbocycles. The van der Waals surface area contributed by atoms with Gasteiger partial charge in [0.25, 0.3) is 5.92 Å². The first-order valence-electron chi connectivity index (χ1n) is 2.24. The molecule has 4 heteroatoms. The molecule has 0 radical (unpaired) electrons. The second-order valence-corrected chi connectivity index (χ2v) is 1.90. The molecule has 1 rings (SSSR count). The lowest BCUT2D eigenvalue weighted by atomic mass is 10.4. The van der Waals surface area contributed by atoms with Crippen LogP contribution in [0.1, 0.15) is 6.42 Å². The molecule has 0 aromatic heterocycles. The van der Waals surface area contributed by atoms with Gasteiger partial charge in [0.2, 0.25) is 0 Å². The van der Waals surface area contributed by atoms with Gasteiger partial charge in [-0.25, -0.2) is 8.78 Å². The Morgan fingerprint density at radius 2 is 2.00 bits per heavy atom. The van der Waals surface area contributed by atoms with Crippen molar-refractivity contribution < 1.29 is 8.78 Å². The summed E-state index contributed by atoms with van der Waals surface area (Å²) in [5.41, 5.74) is 4.93. The molecule has 0 heterocycles. The largest absolute Gasteiger partial charge is 0.330 e. The Morgan fingerprint density at radius 1 is 1.62 bits per heavy atom. The Bertz CT molecular complexity index is 86.1. The molecule has 50 valence electrons. The van der Waals surface area contributed by atoms with E-state index in [4.69, 9.17) is 5.73 Å². The number of alkyl halides is 2. The van der Waals surface area contributed by atoms with Crippen molar-refractivity contribution in [2.75, 3.05) is 6.54 Å². The van der Waals surface area contributed by atoms with E-state index in [-0.39, 0.29) is 25.4 Å². The maximum Gasteiger partial charge on any atom is 0.252 e. The standard InChI is InChI=1S/C4H7F2N.ClH/c5-4(6)1-3(4)2-7;/h3H,1-2,7H2;1H/t3-;/m0./s1. The highest BCUT2D eigenvalue weighted by Crippen LogP contribution is 2.47. The topological polar surface area (TPSA) is 26.0 Å². The minimum atomic E-state index is -2.41. The molecule has 0 bridgehead atoms. The average molecular weight is 144 g/mol. The van der Waals surface area contributed by atoms with Gasteiger partial charge in [-0.05, 0) is 0 Å². The maximum atomic E-state index is 11.7. The summed E-state index contributed by atoms with van der Waals surface area (Å²) < 4.78 is 23.4. The quantitative estimate of drug-likeness (QED) is 0.583. The van der Waals surface area contributed by atoms with E-state index in [1.807, 2.05) is 0 Å². The van der Waals surface area contributed by atoms with Crippen LogP contribution in [0, 0.1) is 5.92 Å². The molecule has 1 nitrogen and oxygen atoms in total. The normalized spacial score (nSPS) is 31.1. The Hall–Kier alpha value is 0.110. The number of rotatable bonds is 1. The van der Waals surface area contributed by atoms with E-state index >= 15 is 0 Å². The minimum Gasteiger partial charge on any atom is -0.330 e. The highest BCUT2D eigenvalue weighted by atomic mass is 35.5. The Labute approximate surface area is 52.7 Å². The van der Waals surface area contributed by atoms with Crippen molar-refractivity contribution in [3.05, 3.63) is 0 Å². The summed E-state index contributed by atoms with van der Waals surface area (Å²) in [6.45, 7) is 0.132. The Kier molecular flexibility index (Phi) is 2.18. The fraction of sp³-hybridized carbons (Fsp3) is 1.00. The molecule has 0 unspecified atom stereocenters. The predicted octanol–water partition coefficient (Wildman–Crippen LogP) is 1.02. The van der Waals surface area contributed by atoms with Crippen LogP contribution in [0.4, 0.5) is 8.78 Å². The molecule has 0 saturated heterocycles. The van der Waals surface area contributed by atoms with Crippen LogP contribution >= 0.6 is 12.4 Å². The molecule has 0 aromatic rings. The molecule has 1 saturated carbocycles. The molecule has 2 N–H and O–H groups in total. The molecule has 1 atom stereocenters. The minimum absolute atomic E-state index is 0. The van der Waals surface area contributed by atoms with Gasteiger partial charge in [0.1, 0.15) is 0 Å². The van der Waals surface area contributed by atoms with E-state index in [0.29, 0.717) is 0 Å². The first kappa shape index (κ1) is 8.11. The third kappa shape index (κ3) is 1.29. The monoisotopic (exact) mass is 143 g/mol. The van der Waals surface area contributed by atoms with E-state index in [9.17, 15) is 8.78 Å². The Balaban J connectivity index is 0.000000490. The van der Waals surface area contributed by atoms with Gasteiger partial charge in [0, 0.05) is 18.9 Å². The van der Waals surface area contributed by atoms with Crippen LogP contribution < -0.4 is 5.73 Å². The van der Waals surface area contributed by atoms with Gasteiger partial charge in [0.15, 0.2) is 0 Å². The molecule has 8 heavy (non-hydrogen) atoms. The third-order valence-corrected chi connectivity index (χ3v) is 1.24. The van der Waals surface area contributed by atoms with Gasteiger partial charge < -0.3 is 5.73 Å². The van der Waals surface area contributed by atoms with Gasteiger partial charge in [-0.3, -0.25) is 0 Å². The van der Waals surface area contributed by atoms with Crippen LogP contribution in [0.15, 0.2) is 0 Å². The molecule has 1 fully saturated rings. The van der Waals surface area contributed by atoms with Gasteiger partial charge in [-0.1, -0.05) is 0 Å². The number of hydrogen-bond acceptors (Lipinski definition) is 1. The molecule has 1 aliphatic carbocycles. The van der Waals surface area contributed by atoms with Gasteiger partial charge in [0.05, 0.1) is 0 Å². The lowest BCUT2D eigenvalue weighted by molar-refractivity contribution is 0.101. The SMILES string of the molecule is Cl.NC[C@@H]1CC1(F)F. The van der Waals surface area contributed by atoms with Crippen molar-refractivity contribution in [2.24, 2.45) is 11.7 Å². The highest BCUT2D eigenvalue weighted by molar-refractivity contribution is 5.85. The molecule has 0 aliphatic heterocycles. The van der Waals surface area contributed by atoms with Crippen molar-refractivity contribution in [1.29, 1.82) is 0 Å². The summed E-state index contributed by atoms with van der Waals surface area (Å²) in [6.07, 6.45) is 0.00347. The van der Waals surface area contributed by atoms with Crippen LogP contribution in [0.2, 0.25) is 0 Å². The van der Waals surface area contributed by atoms with Crippen LogP contribution in [0.25, 0.3) is 0 Å². The van der Waals surface area contributed by atoms with Crippen molar-refractivity contribution in [3.8, 4) is 0 Å². The lowest BCUT2D eigenvalue weighted by Gasteiger charge is -1.87. The van der Waals surface area contributed by atoms with E-state index in [2.05, 4.69) is 0 Å². The molecule has 0 spiro atoms.